The van der Waals surface area contributed by atoms with Crippen molar-refractivity contribution in [2.45, 2.75) is 32.6 Å². The molecule has 0 radical (unpaired) electrons. The van der Waals surface area contributed by atoms with E-state index < -0.39 is 0 Å². The molecule has 0 aromatic rings. The van der Waals surface area contributed by atoms with E-state index in [9.17, 15) is 4.79 Å². The van der Waals surface area contributed by atoms with Gasteiger partial charge in [-0.25, -0.2) is 0 Å². The van der Waals surface area contributed by atoms with E-state index in [0.717, 1.165) is 25.8 Å². The smallest absolute Gasteiger partial charge is 0.222 e. The van der Waals surface area contributed by atoms with Gasteiger partial charge in [0.15, 0.2) is 0 Å². The standard InChI is InChI=1S/C10H16N2O/c1-2-4-10(13)12-6-3-5-9(7-11)8-12/h9H,2-6,8H2,1H3. The van der Waals surface area contributed by atoms with Gasteiger partial charge in [-0.15, -0.1) is 0 Å². The summed E-state index contributed by atoms with van der Waals surface area (Å²) in [5.74, 6) is 0.275. The number of carbonyl (C=O) groups excluding carboxylic acids is 1. The molecule has 3 nitrogen and oxygen atoms in total. The minimum absolute atomic E-state index is 0.0644. The highest BCUT2D eigenvalue weighted by molar-refractivity contribution is 5.76. The van der Waals surface area contributed by atoms with E-state index >= 15 is 0 Å². The van der Waals surface area contributed by atoms with Crippen LogP contribution in [0.25, 0.3) is 0 Å². The van der Waals surface area contributed by atoms with Crippen LogP contribution in [0.1, 0.15) is 32.6 Å². The van der Waals surface area contributed by atoms with Gasteiger partial charge in [0.25, 0.3) is 0 Å². The molecule has 1 rings (SSSR count). The lowest BCUT2D eigenvalue weighted by Crippen LogP contribution is -2.39. The molecule has 1 saturated heterocycles. The summed E-state index contributed by atoms with van der Waals surface area (Å²) in [4.78, 5) is 13.3. The zero-order valence-electron chi connectivity index (χ0n) is 8.12. The fourth-order valence-corrected chi connectivity index (χ4v) is 1.68. The second kappa shape index (κ2) is 4.86. The molecule has 3 heteroatoms. The fourth-order valence-electron chi connectivity index (χ4n) is 1.68. The van der Waals surface area contributed by atoms with Gasteiger partial charge in [0.1, 0.15) is 0 Å². The van der Waals surface area contributed by atoms with Gasteiger partial charge >= 0.3 is 0 Å². The number of hydrogen-bond donors (Lipinski definition) is 0. The summed E-state index contributed by atoms with van der Waals surface area (Å²) in [5, 5.41) is 8.73. The van der Waals surface area contributed by atoms with Crippen LogP contribution in [0.3, 0.4) is 0 Å². The highest BCUT2D eigenvalue weighted by atomic mass is 16.2. The fraction of sp³-hybridized carbons (Fsp3) is 0.800. The molecule has 0 aromatic heterocycles. The normalized spacial score (nSPS) is 22.5. The van der Waals surface area contributed by atoms with Crippen LogP contribution in [0.2, 0.25) is 0 Å². The molecule has 1 aliphatic rings. The minimum atomic E-state index is 0.0644. The van der Waals surface area contributed by atoms with Gasteiger partial charge in [-0.2, -0.15) is 5.26 Å². The first kappa shape index (κ1) is 10.0. The second-order valence-electron chi connectivity index (χ2n) is 3.56. The summed E-state index contributed by atoms with van der Waals surface area (Å²) in [7, 11) is 0. The van der Waals surface area contributed by atoms with Crippen LogP contribution in [-0.2, 0) is 4.79 Å². The zero-order chi connectivity index (χ0) is 9.68. The van der Waals surface area contributed by atoms with Crippen molar-refractivity contribution in [3.63, 3.8) is 0 Å². The summed E-state index contributed by atoms with van der Waals surface area (Å²) in [6, 6.07) is 2.24. The first-order chi connectivity index (χ1) is 6.27. The molecular weight excluding hydrogens is 164 g/mol. The number of nitrogens with zero attached hydrogens (tertiary/aromatic N) is 2. The van der Waals surface area contributed by atoms with E-state index in [2.05, 4.69) is 6.07 Å². The van der Waals surface area contributed by atoms with Gasteiger partial charge in [0, 0.05) is 19.5 Å². The highest BCUT2D eigenvalue weighted by Gasteiger charge is 2.22. The Morgan fingerprint density at radius 3 is 3.08 bits per heavy atom. The summed E-state index contributed by atoms with van der Waals surface area (Å²) in [6.45, 7) is 3.50. The first-order valence-corrected chi connectivity index (χ1v) is 4.95. The molecule has 1 fully saturated rings. The number of piperidine rings is 1. The number of rotatable bonds is 2. The highest BCUT2D eigenvalue weighted by Crippen LogP contribution is 2.16. The Kier molecular flexibility index (Phi) is 3.75. The van der Waals surface area contributed by atoms with Gasteiger partial charge in [-0.05, 0) is 19.3 Å². The third kappa shape index (κ3) is 2.73. The number of amides is 1. The number of nitriles is 1. The quantitative estimate of drug-likeness (QED) is 0.647. The molecule has 1 unspecified atom stereocenters. The minimum Gasteiger partial charge on any atom is -0.341 e. The summed E-state index contributed by atoms with van der Waals surface area (Å²) in [6.07, 6.45) is 3.45. The second-order valence-corrected chi connectivity index (χ2v) is 3.56. The molecule has 0 spiro atoms. The van der Waals surface area contributed by atoms with E-state index in [1.54, 1.807) is 0 Å². The van der Waals surface area contributed by atoms with E-state index in [0.29, 0.717) is 13.0 Å². The molecule has 0 aromatic carbocycles. The van der Waals surface area contributed by atoms with Gasteiger partial charge in [0.2, 0.25) is 5.91 Å². The van der Waals surface area contributed by atoms with E-state index in [1.165, 1.54) is 0 Å². The third-order valence-electron chi connectivity index (χ3n) is 2.42. The van der Waals surface area contributed by atoms with Crippen molar-refractivity contribution in [3.8, 4) is 6.07 Å². The van der Waals surface area contributed by atoms with Gasteiger partial charge in [0.05, 0.1) is 12.0 Å². The molecule has 1 amide bonds. The van der Waals surface area contributed by atoms with Crippen LogP contribution in [0.4, 0.5) is 0 Å². The van der Waals surface area contributed by atoms with Crippen molar-refractivity contribution < 1.29 is 4.79 Å². The number of likely N-dealkylation sites (tertiary alicyclic amines) is 1. The third-order valence-corrected chi connectivity index (χ3v) is 2.42. The molecule has 1 atom stereocenters. The molecule has 0 aliphatic carbocycles. The van der Waals surface area contributed by atoms with Crippen LogP contribution >= 0.6 is 0 Å². The van der Waals surface area contributed by atoms with Crippen molar-refractivity contribution in [3.05, 3.63) is 0 Å². The average molecular weight is 180 g/mol. The van der Waals surface area contributed by atoms with Gasteiger partial charge in [-0.1, -0.05) is 6.92 Å². The SMILES string of the molecule is CCCC(=O)N1CCCC(C#N)C1. The Balaban J connectivity index is 2.42. The molecule has 0 bridgehead atoms. The molecule has 72 valence electrons. The average Bonchev–Trinajstić information content (AvgIpc) is 2.18. The number of carbonyl (C=O) groups is 1. The molecular formula is C10H16N2O. The molecule has 0 N–H and O–H groups in total. The van der Waals surface area contributed by atoms with Gasteiger partial charge < -0.3 is 4.90 Å². The molecule has 13 heavy (non-hydrogen) atoms. The van der Waals surface area contributed by atoms with E-state index in [-0.39, 0.29) is 11.8 Å². The van der Waals surface area contributed by atoms with Crippen molar-refractivity contribution >= 4 is 5.91 Å². The predicted octanol–water partition coefficient (Wildman–Crippen LogP) is 1.55. The Bertz CT molecular complexity index is 219. The van der Waals surface area contributed by atoms with Crippen LogP contribution < -0.4 is 0 Å². The predicted molar refractivity (Wildman–Crippen MR) is 49.8 cm³/mol. The first-order valence-electron chi connectivity index (χ1n) is 4.95. The van der Waals surface area contributed by atoms with Crippen molar-refractivity contribution in [1.29, 1.82) is 5.26 Å². The van der Waals surface area contributed by atoms with Crippen LogP contribution in [0.5, 0.6) is 0 Å². The van der Waals surface area contributed by atoms with Crippen molar-refractivity contribution in [2.75, 3.05) is 13.1 Å². The monoisotopic (exact) mass is 180 g/mol. The lowest BCUT2D eigenvalue weighted by molar-refractivity contribution is -0.132. The zero-order valence-corrected chi connectivity index (χ0v) is 8.12. The lowest BCUT2D eigenvalue weighted by atomic mass is 9.99. The topological polar surface area (TPSA) is 44.1 Å². The Labute approximate surface area is 79.3 Å². The summed E-state index contributed by atoms with van der Waals surface area (Å²) in [5.41, 5.74) is 0. The van der Waals surface area contributed by atoms with Crippen LogP contribution in [0.15, 0.2) is 0 Å². The van der Waals surface area contributed by atoms with Crippen LogP contribution in [-0.4, -0.2) is 23.9 Å². The Morgan fingerprint density at radius 2 is 2.46 bits per heavy atom. The largest absolute Gasteiger partial charge is 0.341 e. The lowest BCUT2D eigenvalue weighted by Gasteiger charge is -2.29. The van der Waals surface area contributed by atoms with E-state index in [1.807, 2.05) is 11.8 Å². The number of hydrogen-bond acceptors (Lipinski definition) is 2. The molecule has 1 heterocycles. The van der Waals surface area contributed by atoms with Crippen molar-refractivity contribution in [2.24, 2.45) is 5.92 Å². The summed E-state index contributed by atoms with van der Waals surface area (Å²) < 4.78 is 0. The summed E-state index contributed by atoms with van der Waals surface area (Å²) >= 11 is 0. The molecule has 1 aliphatic heterocycles. The van der Waals surface area contributed by atoms with Crippen molar-refractivity contribution in [1.82, 2.24) is 4.90 Å². The Hall–Kier alpha value is -1.04. The van der Waals surface area contributed by atoms with Crippen LogP contribution in [0, 0.1) is 17.2 Å². The van der Waals surface area contributed by atoms with E-state index in [4.69, 9.17) is 5.26 Å². The maximum Gasteiger partial charge on any atom is 0.222 e. The maximum absolute atomic E-state index is 11.5. The maximum atomic E-state index is 11.5. The van der Waals surface area contributed by atoms with Gasteiger partial charge in [-0.3, -0.25) is 4.79 Å². The molecule has 0 saturated carbocycles. The Morgan fingerprint density at radius 1 is 1.69 bits per heavy atom.